The van der Waals surface area contributed by atoms with Crippen LogP contribution in [0.5, 0.6) is 5.75 Å². The molecule has 1 aromatic rings. The van der Waals surface area contributed by atoms with E-state index in [1.54, 1.807) is 13.2 Å². The van der Waals surface area contributed by atoms with E-state index in [2.05, 4.69) is 5.32 Å². The van der Waals surface area contributed by atoms with Crippen LogP contribution in [-0.2, 0) is 16.0 Å². The number of nitrogens with one attached hydrogen (secondary N) is 1. The van der Waals surface area contributed by atoms with Gasteiger partial charge in [0.1, 0.15) is 11.6 Å². The molecular weight excluding hydrogens is 225 g/mol. The van der Waals surface area contributed by atoms with Crippen molar-refractivity contribution in [1.29, 1.82) is 0 Å². The summed E-state index contributed by atoms with van der Waals surface area (Å²) in [6, 6.07) is 4.58. The summed E-state index contributed by atoms with van der Waals surface area (Å²) in [5, 5.41) is 3.13. The zero-order valence-electron chi connectivity index (χ0n) is 10.2. The Morgan fingerprint density at radius 3 is 2.71 bits per heavy atom. The maximum atomic E-state index is 13.3. The average Bonchev–Trinajstić information content (AvgIpc) is 2.31. The van der Waals surface area contributed by atoms with Crippen molar-refractivity contribution in [2.75, 3.05) is 34.2 Å². The summed E-state index contributed by atoms with van der Waals surface area (Å²) in [5.41, 5.74) is 0.826. The van der Waals surface area contributed by atoms with Crippen LogP contribution in [0.1, 0.15) is 5.56 Å². The van der Waals surface area contributed by atoms with E-state index in [1.807, 2.05) is 0 Å². The number of hydrogen-bond acceptors (Lipinski definition) is 4. The second-order valence-corrected chi connectivity index (χ2v) is 3.52. The molecule has 0 aliphatic carbocycles. The molecule has 1 aromatic carbocycles. The third-order valence-corrected chi connectivity index (χ3v) is 2.09. The second kappa shape index (κ2) is 8.00. The van der Waals surface area contributed by atoms with Crippen molar-refractivity contribution in [2.45, 2.75) is 6.54 Å². The zero-order valence-corrected chi connectivity index (χ0v) is 10.2. The lowest BCUT2D eigenvalue weighted by atomic mass is 10.2. The molecule has 17 heavy (non-hydrogen) atoms. The van der Waals surface area contributed by atoms with Gasteiger partial charge in [-0.3, -0.25) is 0 Å². The van der Waals surface area contributed by atoms with Crippen molar-refractivity contribution >= 4 is 0 Å². The highest BCUT2D eigenvalue weighted by molar-refractivity contribution is 5.29. The molecule has 5 heteroatoms. The van der Waals surface area contributed by atoms with Crippen LogP contribution >= 0.6 is 0 Å². The molecule has 0 saturated carbocycles. The number of methoxy groups -OCH3 is 2. The maximum absolute atomic E-state index is 13.3. The first kappa shape index (κ1) is 13.9. The van der Waals surface area contributed by atoms with Crippen LogP contribution in [0.2, 0.25) is 0 Å². The Kier molecular flexibility index (Phi) is 6.54. The molecule has 0 radical (unpaired) electrons. The molecule has 0 atom stereocenters. The first-order chi connectivity index (χ1) is 8.26. The lowest BCUT2D eigenvalue weighted by molar-refractivity contribution is 0.0508. The smallest absolute Gasteiger partial charge is 0.188 e. The number of hydrogen-bond donors (Lipinski definition) is 1. The lowest BCUT2D eigenvalue weighted by Crippen LogP contribution is -2.18. The molecule has 96 valence electrons. The highest BCUT2D eigenvalue weighted by Gasteiger charge is 2.01. The third kappa shape index (κ3) is 5.63. The van der Waals surface area contributed by atoms with Crippen LogP contribution in [-0.4, -0.2) is 34.2 Å². The van der Waals surface area contributed by atoms with E-state index in [9.17, 15) is 4.39 Å². The van der Waals surface area contributed by atoms with Crippen molar-refractivity contribution in [1.82, 2.24) is 5.32 Å². The summed E-state index contributed by atoms with van der Waals surface area (Å²) in [4.78, 5) is 0. The standard InChI is InChI=1S/C12H18FNO3/c1-15-4-3-14-8-10-5-11(13)7-12(6-10)17-9-16-2/h5-7,14H,3-4,8-9H2,1-2H3. The monoisotopic (exact) mass is 243 g/mol. The molecule has 0 aliphatic rings. The summed E-state index contributed by atoms with van der Waals surface area (Å²) in [7, 11) is 3.16. The molecule has 0 fully saturated rings. The van der Waals surface area contributed by atoms with Gasteiger partial charge in [-0.05, 0) is 17.7 Å². The fourth-order valence-corrected chi connectivity index (χ4v) is 1.34. The quantitative estimate of drug-likeness (QED) is 0.555. The second-order valence-electron chi connectivity index (χ2n) is 3.52. The van der Waals surface area contributed by atoms with E-state index in [4.69, 9.17) is 14.2 Å². The van der Waals surface area contributed by atoms with Gasteiger partial charge in [-0.1, -0.05) is 0 Å². The van der Waals surface area contributed by atoms with Gasteiger partial charge in [0.15, 0.2) is 6.79 Å². The van der Waals surface area contributed by atoms with E-state index in [0.717, 1.165) is 12.1 Å². The van der Waals surface area contributed by atoms with Crippen molar-refractivity contribution < 1.29 is 18.6 Å². The molecule has 4 nitrogen and oxygen atoms in total. The fraction of sp³-hybridized carbons (Fsp3) is 0.500. The van der Waals surface area contributed by atoms with Crippen LogP contribution < -0.4 is 10.1 Å². The average molecular weight is 243 g/mol. The molecule has 0 amide bonds. The Morgan fingerprint density at radius 2 is 2.00 bits per heavy atom. The number of benzene rings is 1. The fourth-order valence-electron chi connectivity index (χ4n) is 1.34. The number of ether oxygens (including phenoxy) is 3. The van der Waals surface area contributed by atoms with Gasteiger partial charge in [0, 0.05) is 33.4 Å². The van der Waals surface area contributed by atoms with Gasteiger partial charge in [-0.2, -0.15) is 0 Å². The van der Waals surface area contributed by atoms with Gasteiger partial charge in [-0.25, -0.2) is 4.39 Å². The molecule has 0 unspecified atom stereocenters. The maximum Gasteiger partial charge on any atom is 0.188 e. The summed E-state index contributed by atoms with van der Waals surface area (Å²) in [6.45, 7) is 2.04. The van der Waals surface area contributed by atoms with Crippen LogP contribution in [0.25, 0.3) is 0 Å². The Morgan fingerprint density at radius 1 is 1.18 bits per heavy atom. The van der Waals surface area contributed by atoms with Gasteiger partial charge in [0.2, 0.25) is 0 Å². The Balaban J connectivity index is 2.50. The van der Waals surface area contributed by atoms with Crippen LogP contribution in [0.4, 0.5) is 4.39 Å². The lowest BCUT2D eigenvalue weighted by Gasteiger charge is -2.08. The third-order valence-electron chi connectivity index (χ3n) is 2.09. The summed E-state index contributed by atoms with van der Waals surface area (Å²) in [6.07, 6.45) is 0. The summed E-state index contributed by atoms with van der Waals surface area (Å²) in [5.74, 6) is 0.150. The van der Waals surface area contributed by atoms with E-state index in [1.165, 1.54) is 19.2 Å². The number of rotatable bonds is 8. The minimum atomic E-state index is -0.317. The normalized spacial score (nSPS) is 10.5. The predicted molar refractivity (Wildman–Crippen MR) is 62.5 cm³/mol. The SMILES string of the molecule is COCCNCc1cc(F)cc(OCOC)c1. The molecule has 0 aromatic heterocycles. The highest BCUT2D eigenvalue weighted by Crippen LogP contribution is 2.16. The largest absolute Gasteiger partial charge is 0.467 e. The number of halogens is 1. The molecule has 0 spiro atoms. The molecule has 0 aliphatic heterocycles. The molecule has 0 heterocycles. The van der Waals surface area contributed by atoms with Gasteiger partial charge in [-0.15, -0.1) is 0 Å². The molecule has 0 bridgehead atoms. The topological polar surface area (TPSA) is 39.7 Å². The zero-order chi connectivity index (χ0) is 12.5. The van der Waals surface area contributed by atoms with Crippen molar-refractivity contribution in [3.63, 3.8) is 0 Å². The molecule has 0 saturated heterocycles. The van der Waals surface area contributed by atoms with E-state index >= 15 is 0 Å². The van der Waals surface area contributed by atoms with E-state index < -0.39 is 0 Å². The van der Waals surface area contributed by atoms with Crippen LogP contribution in [0, 0.1) is 5.82 Å². The van der Waals surface area contributed by atoms with Crippen molar-refractivity contribution in [3.8, 4) is 5.75 Å². The first-order valence-electron chi connectivity index (χ1n) is 5.37. The first-order valence-corrected chi connectivity index (χ1v) is 5.37. The van der Waals surface area contributed by atoms with Gasteiger partial charge >= 0.3 is 0 Å². The van der Waals surface area contributed by atoms with Crippen LogP contribution in [0.3, 0.4) is 0 Å². The van der Waals surface area contributed by atoms with Gasteiger partial charge in [0.05, 0.1) is 6.61 Å². The van der Waals surface area contributed by atoms with Crippen molar-refractivity contribution in [3.05, 3.63) is 29.6 Å². The van der Waals surface area contributed by atoms with Crippen LogP contribution in [0.15, 0.2) is 18.2 Å². The van der Waals surface area contributed by atoms with Gasteiger partial charge < -0.3 is 19.5 Å². The predicted octanol–water partition coefficient (Wildman–Crippen LogP) is 1.54. The summed E-state index contributed by atoms with van der Waals surface area (Å²) >= 11 is 0. The minimum Gasteiger partial charge on any atom is -0.467 e. The minimum absolute atomic E-state index is 0.111. The molecular formula is C12H18FNO3. The highest BCUT2D eigenvalue weighted by atomic mass is 19.1. The van der Waals surface area contributed by atoms with Gasteiger partial charge in [0.25, 0.3) is 0 Å². The molecule has 1 rings (SSSR count). The summed E-state index contributed by atoms with van der Waals surface area (Å²) < 4.78 is 28.1. The Labute approximate surface area is 101 Å². The Hall–Kier alpha value is -1.17. The van der Waals surface area contributed by atoms with E-state index in [0.29, 0.717) is 18.9 Å². The Bertz CT molecular complexity index is 334. The van der Waals surface area contributed by atoms with Crippen molar-refractivity contribution in [2.24, 2.45) is 0 Å². The molecule has 1 N–H and O–H groups in total. The van der Waals surface area contributed by atoms with E-state index in [-0.39, 0.29) is 12.6 Å².